The zero-order valence-electron chi connectivity index (χ0n) is 10.5. The molecule has 0 saturated heterocycles. The molecule has 0 spiro atoms. The van der Waals surface area contributed by atoms with E-state index in [0.29, 0.717) is 16.1 Å². The summed E-state index contributed by atoms with van der Waals surface area (Å²) < 4.78 is 0. The molecule has 3 aromatic rings. The van der Waals surface area contributed by atoms with Crippen molar-refractivity contribution < 1.29 is 9.90 Å². The number of carbonyl (C=O) groups is 1. The van der Waals surface area contributed by atoms with Crippen LogP contribution in [0.1, 0.15) is 22.0 Å². The number of carbonyl (C=O) groups excluding carboxylic acids is 1. The number of benzene rings is 2. The molecule has 2 N–H and O–H groups in total. The molecule has 0 aliphatic carbocycles. The summed E-state index contributed by atoms with van der Waals surface area (Å²) >= 11 is 5.79. The topological polar surface area (TPSA) is 53.1 Å². The molecule has 3 nitrogen and oxygen atoms in total. The van der Waals surface area contributed by atoms with Crippen molar-refractivity contribution >= 4 is 28.3 Å². The number of rotatable bonds is 3. The van der Waals surface area contributed by atoms with Crippen molar-refractivity contribution in [3.05, 3.63) is 70.9 Å². The van der Waals surface area contributed by atoms with Gasteiger partial charge in [0.05, 0.1) is 0 Å². The molecule has 0 amide bonds. The predicted octanol–water partition coefficient (Wildman–Crippen LogP) is 3.74. The van der Waals surface area contributed by atoms with E-state index in [9.17, 15) is 9.90 Å². The van der Waals surface area contributed by atoms with Crippen molar-refractivity contribution in [1.29, 1.82) is 0 Å². The summed E-state index contributed by atoms with van der Waals surface area (Å²) in [7, 11) is 0. The number of ketones is 1. The van der Waals surface area contributed by atoms with Gasteiger partial charge in [0, 0.05) is 33.2 Å². The molecule has 3 rings (SSSR count). The minimum absolute atomic E-state index is 0.341. The summed E-state index contributed by atoms with van der Waals surface area (Å²) in [6.07, 6.45) is 0.482. The number of halogens is 1. The standard InChI is InChI=1S/C16H12ClNO2/c17-11-7-5-10(6-8-11)15(19)16(20)13-9-18-14-4-2-1-3-12(13)14/h1-9,16,18,20H/t16-/m1/s1. The monoisotopic (exact) mass is 285 g/mol. The van der Waals surface area contributed by atoms with Crippen molar-refractivity contribution in [2.45, 2.75) is 6.10 Å². The van der Waals surface area contributed by atoms with Crippen LogP contribution in [0.5, 0.6) is 0 Å². The molecule has 4 heteroatoms. The van der Waals surface area contributed by atoms with Crippen molar-refractivity contribution in [2.75, 3.05) is 0 Å². The second-order valence-electron chi connectivity index (χ2n) is 4.56. The fourth-order valence-corrected chi connectivity index (χ4v) is 2.36. The Labute approximate surface area is 120 Å². The molecular weight excluding hydrogens is 274 g/mol. The molecule has 0 radical (unpaired) electrons. The number of aromatic nitrogens is 1. The number of Topliss-reactive ketones (excluding diaryl/α,β-unsaturated/α-hetero) is 1. The SMILES string of the molecule is O=C(c1ccc(Cl)cc1)[C@H](O)c1c[nH]c2ccccc12. The van der Waals surface area contributed by atoms with Crippen LogP contribution in [0.4, 0.5) is 0 Å². The van der Waals surface area contributed by atoms with E-state index in [1.54, 1.807) is 30.5 Å². The number of aliphatic hydroxyl groups excluding tert-OH is 1. The molecule has 0 fully saturated rings. The van der Waals surface area contributed by atoms with E-state index in [1.165, 1.54) is 0 Å². The Morgan fingerprint density at radius 3 is 2.55 bits per heavy atom. The summed E-state index contributed by atoms with van der Waals surface area (Å²) in [6, 6.07) is 14.0. The number of aromatic amines is 1. The van der Waals surface area contributed by atoms with Gasteiger partial charge in [-0.3, -0.25) is 4.79 Å². The molecule has 1 atom stereocenters. The van der Waals surface area contributed by atoms with Gasteiger partial charge in [0.2, 0.25) is 0 Å². The third-order valence-corrected chi connectivity index (χ3v) is 3.54. The van der Waals surface area contributed by atoms with E-state index in [0.717, 1.165) is 10.9 Å². The highest BCUT2D eigenvalue weighted by atomic mass is 35.5. The molecule has 0 aliphatic heterocycles. The van der Waals surface area contributed by atoms with Crippen LogP contribution in [0, 0.1) is 0 Å². The van der Waals surface area contributed by atoms with Gasteiger partial charge in [0.1, 0.15) is 6.10 Å². The molecule has 100 valence electrons. The van der Waals surface area contributed by atoms with Gasteiger partial charge in [0.25, 0.3) is 0 Å². The first kappa shape index (κ1) is 12.9. The molecule has 0 saturated carbocycles. The van der Waals surface area contributed by atoms with E-state index >= 15 is 0 Å². The molecule has 0 bridgehead atoms. The highest BCUT2D eigenvalue weighted by Gasteiger charge is 2.21. The van der Waals surface area contributed by atoms with Gasteiger partial charge in [-0.25, -0.2) is 0 Å². The Kier molecular flexibility index (Phi) is 3.30. The van der Waals surface area contributed by atoms with E-state index in [-0.39, 0.29) is 5.78 Å². The number of fused-ring (bicyclic) bond motifs is 1. The molecule has 0 aliphatic rings. The first-order valence-corrected chi connectivity index (χ1v) is 6.58. The van der Waals surface area contributed by atoms with Gasteiger partial charge in [-0.05, 0) is 30.3 Å². The zero-order valence-corrected chi connectivity index (χ0v) is 11.3. The van der Waals surface area contributed by atoms with Crippen molar-refractivity contribution in [3.8, 4) is 0 Å². The molecule has 2 aromatic carbocycles. The average Bonchev–Trinajstić information content (AvgIpc) is 2.90. The summed E-state index contributed by atoms with van der Waals surface area (Å²) in [5.41, 5.74) is 1.91. The van der Waals surface area contributed by atoms with Crippen LogP contribution in [0.3, 0.4) is 0 Å². The summed E-state index contributed by atoms with van der Waals surface area (Å²) in [5, 5.41) is 11.7. The number of hydrogen-bond donors (Lipinski definition) is 2. The van der Waals surface area contributed by atoms with Crippen LogP contribution in [-0.4, -0.2) is 15.9 Å². The Morgan fingerprint density at radius 1 is 1.10 bits per heavy atom. The smallest absolute Gasteiger partial charge is 0.195 e. The summed E-state index contributed by atoms with van der Waals surface area (Å²) in [6.45, 7) is 0. The van der Waals surface area contributed by atoms with Gasteiger partial charge in [0.15, 0.2) is 5.78 Å². The maximum Gasteiger partial charge on any atom is 0.195 e. The maximum absolute atomic E-state index is 12.3. The van der Waals surface area contributed by atoms with Crippen LogP contribution in [0.25, 0.3) is 10.9 Å². The Bertz CT molecular complexity index is 762. The third kappa shape index (κ3) is 2.22. The first-order chi connectivity index (χ1) is 9.66. The number of nitrogens with one attached hydrogen (secondary N) is 1. The van der Waals surface area contributed by atoms with E-state index in [4.69, 9.17) is 11.6 Å². The van der Waals surface area contributed by atoms with Crippen LogP contribution >= 0.6 is 11.6 Å². The predicted molar refractivity (Wildman–Crippen MR) is 79.0 cm³/mol. The van der Waals surface area contributed by atoms with Crippen LogP contribution in [0.15, 0.2) is 54.7 Å². The number of para-hydroxylation sites is 1. The molecule has 20 heavy (non-hydrogen) atoms. The third-order valence-electron chi connectivity index (χ3n) is 3.29. The summed E-state index contributed by atoms with van der Waals surface area (Å²) in [5.74, 6) is -0.341. The minimum atomic E-state index is -1.19. The molecule has 0 unspecified atom stereocenters. The van der Waals surface area contributed by atoms with Crippen LogP contribution in [-0.2, 0) is 0 Å². The normalized spacial score (nSPS) is 12.5. The van der Waals surface area contributed by atoms with Gasteiger partial charge in [-0.2, -0.15) is 0 Å². The fraction of sp³-hybridized carbons (Fsp3) is 0.0625. The fourth-order valence-electron chi connectivity index (χ4n) is 2.23. The van der Waals surface area contributed by atoms with Crippen molar-refractivity contribution in [1.82, 2.24) is 4.98 Å². The number of H-pyrrole nitrogens is 1. The zero-order chi connectivity index (χ0) is 14.1. The van der Waals surface area contributed by atoms with Gasteiger partial charge < -0.3 is 10.1 Å². The lowest BCUT2D eigenvalue weighted by atomic mass is 9.99. The first-order valence-electron chi connectivity index (χ1n) is 6.20. The van der Waals surface area contributed by atoms with E-state index in [1.807, 2.05) is 24.3 Å². The Balaban J connectivity index is 1.97. The van der Waals surface area contributed by atoms with Gasteiger partial charge in [-0.15, -0.1) is 0 Å². The largest absolute Gasteiger partial charge is 0.380 e. The second-order valence-corrected chi connectivity index (χ2v) is 5.00. The lowest BCUT2D eigenvalue weighted by Crippen LogP contribution is -2.11. The number of aliphatic hydroxyl groups is 1. The molecule has 1 heterocycles. The van der Waals surface area contributed by atoms with Crippen molar-refractivity contribution in [2.24, 2.45) is 0 Å². The quantitative estimate of drug-likeness (QED) is 0.720. The molecule has 1 aromatic heterocycles. The highest BCUT2D eigenvalue weighted by molar-refractivity contribution is 6.30. The minimum Gasteiger partial charge on any atom is -0.380 e. The number of hydrogen-bond acceptors (Lipinski definition) is 2. The van der Waals surface area contributed by atoms with Crippen molar-refractivity contribution in [3.63, 3.8) is 0 Å². The Hall–Kier alpha value is -2.10. The lowest BCUT2D eigenvalue weighted by molar-refractivity contribution is 0.0750. The second kappa shape index (κ2) is 5.12. The van der Waals surface area contributed by atoms with Crippen LogP contribution in [0.2, 0.25) is 5.02 Å². The van der Waals surface area contributed by atoms with Crippen LogP contribution < -0.4 is 0 Å². The molecular formula is C16H12ClNO2. The summed E-state index contributed by atoms with van der Waals surface area (Å²) in [4.78, 5) is 15.3. The Morgan fingerprint density at radius 2 is 1.80 bits per heavy atom. The maximum atomic E-state index is 12.3. The highest BCUT2D eigenvalue weighted by Crippen LogP contribution is 2.26. The average molecular weight is 286 g/mol. The van der Waals surface area contributed by atoms with E-state index in [2.05, 4.69) is 4.98 Å². The van der Waals surface area contributed by atoms with Gasteiger partial charge >= 0.3 is 0 Å². The lowest BCUT2D eigenvalue weighted by Gasteiger charge is -2.09. The van der Waals surface area contributed by atoms with E-state index < -0.39 is 6.10 Å². The van der Waals surface area contributed by atoms with Gasteiger partial charge in [-0.1, -0.05) is 29.8 Å².